The lowest BCUT2D eigenvalue weighted by Gasteiger charge is -2.55. The summed E-state index contributed by atoms with van der Waals surface area (Å²) in [6.07, 6.45) is 6.79. The Kier molecular flexibility index (Phi) is 4.48. The number of fused-ring (bicyclic) bond motifs is 1. The van der Waals surface area contributed by atoms with Crippen LogP contribution >= 0.6 is 0 Å². The fourth-order valence-electron chi connectivity index (χ4n) is 6.30. The predicted octanol–water partition coefficient (Wildman–Crippen LogP) is 3.68. The van der Waals surface area contributed by atoms with Gasteiger partial charge in [-0.1, -0.05) is 13.8 Å². The maximum absolute atomic E-state index is 13.4. The molecule has 0 spiro atoms. The minimum atomic E-state index is -0.666. The summed E-state index contributed by atoms with van der Waals surface area (Å²) in [5.74, 6) is 3.22. The molecule has 1 aliphatic heterocycles. The van der Waals surface area contributed by atoms with Crippen LogP contribution in [0.25, 0.3) is 0 Å². The highest BCUT2D eigenvalue weighted by molar-refractivity contribution is 5.89. The average molecular weight is 399 g/mol. The molecule has 0 unspecified atom stereocenters. The number of hydrogen-bond acceptors (Lipinski definition) is 5. The van der Waals surface area contributed by atoms with Crippen LogP contribution in [0.1, 0.15) is 52.4 Å². The van der Waals surface area contributed by atoms with Crippen molar-refractivity contribution < 1.29 is 23.8 Å². The van der Waals surface area contributed by atoms with Gasteiger partial charge in [0.15, 0.2) is 11.5 Å². The third-order valence-corrected chi connectivity index (χ3v) is 7.29. The summed E-state index contributed by atoms with van der Waals surface area (Å²) < 4.78 is 16.2. The molecule has 5 aliphatic rings. The third kappa shape index (κ3) is 3.36. The highest BCUT2D eigenvalue weighted by Crippen LogP contribution is 2.60. The molecule has 156 valence electrons. The summed E-state index contributed by atoms with van der Waals surface area (Å²) in [5.41, 5.74) is -0.277. The molecule has 6 rings (SSSR count). The normalized spacial score (nSPS) is 32.3. The van der Waals surface area contributed by atoms with Crippen molar-refractivity contribution in [1.29, 1.82) is 0 Å². The van der Waals surface area contributed by atoms with Gasteiger partial charge < -0.3 is 19.5 Å². The maximum Gasteiger partial charge on any atom is 0.334 e. The number of ether oxygens (including phenoxy) is 3. The Balaban J connectivity index is 1.29. The van der Waals surface area contributed by atoms with Crippen LogP contribution in [-0.4, -0.2) is 24.7 Å². The second-order valence-corrected chi connectivity index (χ2v) is 9.83. The van der Waals surface area contributed by atoms with Crippen LogP contribution in [-0.2, 0) is 9.59 Å². The molecule has 6 heteroatoms. The predicted molar refractivity (Wildman–Crippen MR) is 106 cm³/mol. The Morgan fingerprint density at radius 2 is 1.66 bits per heavy atom. The first kappa shape index (κ1) is 18.8. The van der Waals surface area contributed by atoms with Crippen molar-refractivity contribution >= 4 is 11.9 Å². The van der Waals surface area contributed by atoms with E-state index in [4.69, 9.17) is 14.2 Å². The Hall–Kier alpha value is -2.24. The van der Waals surface area contributed by atoms with Crippen molar-refractivity contribution in [3.63, 3.8) is 0 Å². The minimum Gasteiger partial charge on any atom is -0.454 e. The maximum atomic E-state index is 13.4. The molecule has 1 aromatic carbocycles. The number of carbonyl (C=O) groups is 2. The molecule has 6 nitrogen and oxygen atoms in total. The first-order chi connectivity index (χ1) is 13.9. The van der Waals surface area contributed by atoms with Gasteiger partial charge in [-0.15, -0.1) is 0 Å². The van der Waals surface area contributed by atoms with Crippen LogP contribution < -0.4 is 19.5 Å². The first-order valence-electron chi connectivity index (χ1n) is 10.8. The molecule has 4 saturated carbocycles. The van der Waals surface area contributed by atoms with Crippen LogP contribution in [0.5, 0.6) is 17.2 Å². The molecule has 29 heavy (non-hydrogen) atoms. The summed E-state index contributed by atoms with van der Waals surface area (Å²) in [4.78, 5) is 26.3. The zero-order valence-electron chi connectivity index (χ0n) is 17.1. The van der Waals surface area contributed by atoms with E-state index in [2.05, 4.69) is 5.32 Å². The molecule has 0 saturated heterocycles. The van der Waals surface area contributed by atoms with Gasteiger partial charge in [0.05, 0.1) is 0 Å². The van der Waals surface area contributed by atoms with Crippen LogP contribution in [0, 0.1) is 29.1 Å². The fourth-order valence-corrected chi connectivity index (χ4v) is 6.30. The van der Waals surface area contributed by atoms with Crippen molar-refractivity contribution in [2.75, 3.05) is 6.79 Å². The average Bonchev–Trinajstić information content (AvgIpc) is 3.12. The van der Waals surface area contributed by atoms with Gasteiger partial charge in [-0.3, -0.25) is 4.79 Å². The Bertz CT molecular complexity index is 797. The van der Waals surface area contributed by atoms with E-state index in [1.165, 1.54) is 19.3 Å². The van der Waals surface area contributed by atoms with E-state index < -0.39 is 12.0 Å². The number of benzene rings is 1. The number of nitrogens with one attached hydrogen (secondary N) is 1. The lowest BCUT2D eigenvalue weighted by atomic mass is 9.49. The van der Waals surface area contributed by atoms with Crippen LogP contribution in [0.4, 0.5) is 0 Å². The van der Waals surface area contributed by atoms with Crippen molar-refractivity contribution in [2.45, 2.75) is 58.4 Å². The van der Waals surface area contributed by atoms with Crippen molar-refractivity contribution in [2.24, 2.45) is 29.1 Å². The summed E-state index contributed by atoms with van der Waals surface area (Å²) in [7, 11) is 0. The zero-order chi connectivity index (χ0) is 20.2. The van der Waals surface area contributed by atoms with E-state index in [-0.39, 0.29) is 24.0 Å². The molecule has 1 amide bonds. The first-order valence-corrected chi connectivity index (χ1v) is 10.8. The standard InChI is InChI=1S/C23H29NO5/c1-13(2)20(21(25)29-17-3-4-18-19(8-17)28-12-27-18)24-22(26)23-9-14-5-15(10-23)7-16(6-14)11-23/h3-4,8,13-16,20H,5-7,9-12H2,1-2H3,(H,24,26)/t14?,15?,16?,20-,23?/m0/s1. The van der Waals surface area contributed by atoms with Crippen LogP contribution in [0.2, 0.25) is 0 Å². The van der Waals surface area contributed by atoms with E-state index in [0.717, 1.165) is 19.3 Å². The molecule has 4 fully saturated rings. The number of hydrogen-bond donors (Lipinski definition) is 1. The van der Waals surface area contributed by atoms with E-state index in [9.17, 15) is 9.59 Å². The third-order valence-electron chi connectivity index (χ3n) is 7.29. The molecule has 0 radical (unpaired) electrons. The molecule has 4 aliphatic carbocycles. The van der Waals surface area contributed by atoms with Gasteiger partial charge in [-0.25, -0.2) is 4.79 Å². The highest BCUT2D eigenvalue weighted by Gasteiger charge is 2.55. The fraction of sp³-hybridized carbons (Fsp3) is 0.652. The molecule has 4 bridgehead atoms. The lowest BCUT2D eigenvalue weighted by molar-refractivity contribution is -0.151. The van der Waals surface area contributed by atoms with Gasteiger partial charge in [0, 0.05) is 11.5 Å². The molecule has 1 atom stereocenters. The Morgan fingerprint density at radius 3 is 2.28 bits per heavy atom. The number of esters is 1. The molecule has 0 aromatic heterocycles. The minimum absolute atomic E-state index is 0.0536. The number of amides is 1. The van der Waals surface area contributed by atoms with Crippen molar-refractivity contribution in [1.82, 2.24) is 5.32 Å². The Labute approximate surface area is 171 Å². The van der Waals surface area contributed by atoms with Gasteiger partial charge in [0.25, 0.3) is 0 Å². The van der Waals surface area contributed by atoms with Crippen LogP contribution in [0.3, 0.4) is 0 Å². The number of carbonyl (C=O) groups excluding carboxylic acids is 2. The summed E-state index contributed by atoms with van der Waals surface area (Å²) >= 11 is 0. The van der Waals surface area contributed by atoms with E-state index in [1.807, 2.05) is 13.8 Å². The number of rotatable bonds is 5. The smallest absolute Gasteiger partial charge is 0.334 e. The van der Waals surface area contributed by atoms with E-state index in [0.29, 0.717) is 35.0 Å². The van der Waals surface area contributed by atoms with Gasteiger partial charge >= 0.3 is 5.97 Å². The molecule has 1 aromatic rings. The molecule has 1 N–H and O–H groups in total. The molecule has 1 heterocycles. The summed E-state index contributed by atoms with van der Waals surface area (Å²) in [5, 5.41) is 3.08. The summed E-state index contributed by atoms with van der Waals surface area (Å²) in [6.45, 7) is 4.04. The second kappa shape index (κ2) is 6.92. The topological polar surface area (TPSA) is 73.9 Å². The molecular formula is C23H29NO5. The SMILES string of the molecule is CC(C)[C@H](NC(=O)C12CC3CC(CC(C3)C1)C2)C(=O)Oc1ccc2c(c1)OCO2. The Morgan fingerprint density at radius 1 is 1.03 bits per heavy atom. The quantitative estimate of drug-likeness (QED) is 0.604. The second-order valence-electron chi connectivity index (χ2n) is 9.83. The van der Waals surface area contributed by atoms with Gasteiger partial charge in [0.2, 0.25) is 12.7 Å². The van der Waals surface area contributed by atoms with E-state index in [1.54, 1.807) is 18.2 Å². The molecular weight excluding hydrogens is 370 g/mol. The van der Waals surface area contributed by atoms with Crippen LogP contribution in [0.15, 0.2) is 18.2 Å². The van der Waals surface area contributed by atoms with Gasteiger partial charge in [-0.2, -0.15) is 0 Å². The summed E-state index contributed by atoms with van der Waals surface area (Å²) in [6, 6.07) is 4.40. The zero-order valence-corrected chi connectivity index (χ0v) is 17.1. The monoisotopic (exact) mass is 399 g/mol. The highest BCUT2D eigenvalue weighted by atomic mass is 16.7. The van der Waals surface area contributed by atoms with Gasteiger partial charge in [0.1, 0.15) is 11.8 Å². The van der Waals surface area contributed by atoms with Crippen molar-refractivity contribution in [3.05, 3.63) is 18.2 Å². The van der Waals surface area contributed by atoms with Crippen molar-refractivity contribution in [3.8, 4) is 17.2 Å². The van der Waals surface area contributed by atoms with Gasteiger partial charge in [-0.05, 0) is 74.3 Å². The largest absolute Gasteiger partial charge is 0.454 e. The lowest BCUT2D eigenvalue weighted by Crippen LogP contribution is -2.57. The van der Waals surface area contributed by atoms with E-state index >= 15 is 0 Å².